The van der Waals surface area contributed by atoms with Crippen LogP contribution in [0.2, 0.25) is 0 Å². The Morgan fingerprint density at radius 2 is 2.36 bits per heavy atom. The van der Waals surface area contributed by atoms with Crippen molar-refractivity contribution in [1.29, 1.82) is 0 Å². The summed E-state index contributed by atoms with van der Waals surface area (Å²) in [6, 6.07) is 2.82. The van der Waals surface area contributed by atoms with Gasteiger partial charge in [0.25, 0.3) is 0 Å². The van der Waals surface area contributed by atoms with E-state index in [2.05, 4.69) is 16.6 Å². The molecule has 6 heteroatoms. The van der Waals surface area contributed by atoms with Crippen LogP contribution in [0.5, 0.6) is 0 Å². The number of rotatable bonds is 1. The molecule has 0 aliphatic heterocycles. The number of carbonyl (C=O) groups is 1. The summed E-state index contributed by atoms with van der Waals surface area (Å²) in [7, 11) is 1.22. The molecule has 14 heavy (non-hydrogen) atoms. The number of methoxy groups -OCH3 is 1. The Kier molecular flexibility index (Phi) is 3.20. The fraction of sp³-hybridized carbons (Fsp3) is 0.125. The molecular weight excluding hydrogens is 206 g/mol. The maximum atomic E-state index is 10.6. The van der Waals surface area contributed by atoms with Crippen LogP contribution in [0.4, 0.5) is 5.00 Å². The zero-order chi connectivity index (χ0) is 10.6. The van der Waals surface area contributed by atoms with E-state index in [-0.39, 0.29) is 5.00 Å². The second-order valence-electron chi connectivity index (χ2n) is 2.14. The number of ether oxygens (including phenoxy) is 1. The van der Waals surface area contributed by atoms with Gasteiger partial charge in [-0.2, -0.15) is 0 Å². The van der Waals surface area contributed by atoms with Gasteiger partial charge >= 0.3 is 11.0 Å². The summed E-state index contributed by atoms with van der Waals surface area (Å²) in [4.78, 5) is 20.8. The van der Waals surface area contributed by atoms with Crippen LogP contribution in [0, 0.1) is 22.0 Å². The standard InChI is InChI=1S/C8H5NO4S/c1-13-8(10)5-3-6-2-4-7(14-6)9(11)12/h2,4H,1H3. The molecule has 1 rings (SSSR count). The molecule has 0 unspecified atom stereocenters. The summed E-state index contributed by atoms with van der Waals surface area (Å²) in [5.41, 5.74) is 0. The van der Waals surface area contributed by atoms with E-state index in [1.54, 1.807) is 0 Å². The second kappa shape index (κ2) is 4.39. The molecule has 0 radical (unpaired) electrons. The molecule has 72 valence electrons. The third-order valence-corrected chi connectivity index (χ3v) is 2.20. The number of nitrogens with zero attached hydrogens (tertiary/aromatic N) is 1. The van der Waals surface area contributed by atoms with Gasteiger partial charge in [0, 0.05) is 12.0 Å². The first kappa shape index (κ1) is 10.2. The van der Waals surface area contributed by atoms with Gasteiger partial charge in [-0.3, -0.25) is 10.1 Å². The number of carbonyl (C=O) groups excluding carboxylic acids is 1. The molecule has 0 aliphatic rings. The fourth-order valence-corrected chi connectivity index (χ4v) is 1.33. The van der Waals surface area contributed by atoms with Crippen molar-refractivity contribution in [1.82, 2.24) is 0 Å². The van der Waals surface area contributed by atoms with Gasteiger partial charge in [0.2, 0.25) is 0 Å². The Balaban J connectivity index is 2.81. The molecule has 0 N–H and O–H groups in total. The molecule has 0 amide bonds. The molecule has 0 aliphatic carbocycles. The van der Waals surface area contributed by atoms with Crippen LogP contribution in [-0.4, -0.2) is 18.0 Å². The van der Waals surface area contributed by atoms with Gasteiger partial charge in [-0.25, -0.2) is 4.79 Å². The molecule has 0 aromatic carbocycles. The summed E-state index contributed by atoms with van der Waals surface area (Å²) in [6.45, 7) is 0. The Bertz CT molecular complexity index is 426. The van der Waals surface area contributed by atoms with E-state index in [4.69, 9.17) is 0 Å². The zero-order valence-electron chi connectivity index (χ0n) is 7.14. The molecular formula is C8H5NO4S. The van der Waals surface area contributed by atoms with Crippen LogP contribution in [0.25, 0.3) is 0 Å². The van der Waals surface area contributed by atoms with E-state index in [9.17, 15) is 14.9 Å². The fourth-order valence-electron chi connectivity index (χ4n) is 0.657. The van der Waals surface area contributed by atoms with E-state index < -0.39 is 10.9 Å². The Labute approximate surface area is 83.5 Å². The first-order valence-electron chi connectivity index (χ1n) is 3.47. The number of nitro groups is 1. The van der Waals surface area contributed by atoms with Crippen LogP contribution >= 0.6 is 11.3 Å². The average Bonchev–Trinajstić information content (AvgIpc) is 2.62. The summed E-state index contributed by atoms with van der Waals surface area (Å²) < 4.78 is 4.28. The summed E-state index contributed by atoms with van der Waals surface area (Å²) in [6.07, 6.45) is 0. The highest BCUT2D eigenvalue weighted by atomic mass is 32.1. The van der Waals surface area contributed by atoms with Crippen molar-refractivity contribution in [3.63, 3.8) is 0 Å². The largest absolute Gasteiger partial charge is 0.459 e. The van der Waals surface area contributed by atoms with Gasteiger partial charge in [0.15, 0.2) is 0 Å². The van der Waals surface area contributed by atoms with Gasteiger partial charge in [0.05, 0.1) is 16.9 Å². The Morgan fingerprint density at radius 3 is 2.86 bits per heavy atom. The topological polar surface area (TPSA) is 69.4 Å². The van der Waals surface area contributed by atoms with Gasteiger partial charge in [-0.1, -0.05) is 11.3 Å². The maximum Gasteiger partial charge on any atom is 0.384 e. The van der Waals surface area contributed by atoms with Gasteiger partial charge in [-0.15, -0.1) is 0 Å². The van der Waals surface area contributed by atoms with Crippen molar-refractivity contribution < 1.29 is 14.5 Å². The lowest BCUT2D eigenvalue weighted by atomic mass is 10.4. The lowest BCUT2D eigenvalue weighted by Gasteiger charge is -1.83. The van der Waals surface area contributed by atoms with E-state index in [0.717, 1.165) is 11.3 Å². The van der Waals surface area contributed by atoms with Gasteiger partial charge in [0.1, 0.15) is 0 Å². The second-order valence-corrected chi connectivity index (χ2v) is 3.20. The minimum Gasteiger partial charge on any atom is -0.459 e. The van der Waals surface area contributed by atoms with Crippen LogP contribution in [0.15, 0.2) is 12.1 Å². The van der Waals surface area contributed by atoms with Crippen molar-refractivity contribution in [3.8, 4) is 11.8 Å². The van der Waals surface area contributed by atoms with Crippen molar-refractivity contribution in [2.75, 3.05) is 7.11 Å². The predicted octanol–water partition coefficient (Wildman–Crippen LogP) is 1.18. The summed E-state index contributed by atoms with van der Waals surface area (Å²) in [5.74, 6) is 3.97. The molecule has 0 spiro atoms. The molecule has 0 atom stereocenters. The number of hydrogen-bond donors (Lipinski definition) is 0. The summed E-state index contributed by atoms with van der Waals surface area (Å²) >= 11 is 0.913. The van der Waals surface area contributed by atoms with Crippen molar-refractivity contribution in [2.24, 2.45) is 0 Å². The highest BCUT2D eigenvalue weighted by Gasteiger charge is 2.07. The minimum atomic E-state index is -0.666. The van der Waals surface area contributed by atoms with Crippen molar-refractivity contribution in [2.45, 2.75) is 0 Å². The molecule has 0 saturated heterocycles. The van der Waals surface area contributed by atoms with Crippen LogP contribution in [0.1, 0.15) is 4.88 Å². The lowest BCUT2D eigenvalue weighted by Crippen LogP contribution is -1.93. The zero-order valence-corrected chi connectivity index (χ0v) is 7.96. The van der Waals surface area contributed by atoms with Crippen LogP contribution < -0.4 is 0 Å². The third kappa shape index (κ3) is 2.57. The van der Waals surface area contributed by atoms with E-state index in [1.807, 2.05) is 0 Å². The molecule has 0 saturated carbocycles. The average molecular weight is 211 g/mol. The van der Waals surface area contributed by atoms with E-state index in [1.165, 1.54) is 19.2 Å². The van der Waals surface area contributed by atoms with Gasteiger partial charge < -0.3 is 4.74 Å². The highest BCUT2D eigenvalue weighted by Crippen LogP contribution is 2.22. The van der Waals surface area contributed by atoms with Gasteiger partial charge in [-0.05, 0) is 12.0 Å². The number of hydrogen-bond acceptors (Lipinski definition) is 5. The number of esters is 1. The SMILES string of the molecule is COC(=O)C#Cc1ccc([N+](=O)[O-])s1. The first-order chi connectivity index (χ1) is 6.63. The monoisotopic (exact) mass is 211 g/mol. The molecule has 0 fully saturated rings. The molecule has 1 aromatic rings. The number of thiophene rings is 1. The maximum absolute atomic E-state index is 10.6. The first-order valence-corrected chi connectivity index (χ1v) is 4.29. The van der Waals surface area contributed by atoms with E-state index >= 15 is 0 Å². The molecule has 1 aromatic heterocycles. The molecule has 1 heterocycles. The van der Waals surface area contributed by atoms with Crippen molar-refractivity contribution >= 4 is 22.3 Å². The summed E-state index contributed by atoms with van der Waals surface area (Å²) in [5, 5.41) is 10.3. The predicted molar refractivity (Wildman–Crippen MR) is 49.9 cm³/mol. The van der Waals surface area contributed by atoms with Crippen LogP contribution in [0.3, 0.4) is 0 Å². The smallest absolute Gasteiger partial charge is 0.384 e. The highest BCUT2D eigenvalue weighted by molar-refractivity contribution is 7.15. The lowest BCUT2D eigenvalue weighted by molar-refractivity contribution is -0.380. The molecule has 0 bridgehead atoms. The Morgan fingerprint density at radius 1 is 1.64 bits per heavy atom. The third-order valence-electron chi connectivity index (χ3n) is 1.24. The van der Waals surface area contributed by atoms with E-state index in [0.29, 0.717) is 4.88 Å². The Hall–Kier alpha value is -1.87. The van der Waals surface area contributed by atoms with Crippen molar-refractivity contribution in [3.05, 3.63) is 27.1 Å². The van der Waals surface area contributed by atoms with Crippen LogP contribution in [-0.2, 0) is 9.53 Å². The minimum absolute atomic E-state index is 0.000772. The molecule has 5 nitrogen and oxygen atoms in total. The quantitative estimate of drug-likeness (QED) is 0.302. The normalized spacial score (nSPS) is 8.64.